The molecule has 0 spiro atoms. The Hall–Kier alpha value is -1.84. The van der Waals surface area contributed by atoms with Crippen LogP contribution in [0.15, 0.2) is 24.3 Å². The standard InChI is InChI=1S/C17H24O4/c1-4-5-11-20-17(19)10-9-16(18)14-7-6-8-15(12-14)21-13(2)3/h6-8,12-13H,4-5,9-11H2,1-3H3. The number of esters is 1. The number of rotatable bonds is 9. The molecular formula is C17H24O4. The van der Waals surface area contributed by atoms with Crippen LogP contribution in [0.2, 0.25) is 0 Å². The van der Waals surface area contributed by atoms with Crippen molar-refractivity contribution in [1.29, 1.82) is 0 Å². The molecule has 4 nitrogen and oxygen atoms in total. The number of benzene rings is 1. The average molecular weight is 292 g/mol. The molecular weight excluding hydrogens is 268 g/mol. The van der Waals surface area contributed by atoms with Crippen molar-refractivity contribution in [3.05, 3.63) is 29.8 Å². The third kappa shape index (κ3) is 6.93. The first-order valence-electron chi connectivity index (χ1n) is 7.48. The predicted octanol–water partition coefficient (Wildman–Crippen LogP) is 3.78. The molecule has 1 rings (SSSR count). The van der Waals surface area contributed by atoms with Crippen LogP contribution >= 0.6 is 0 Å². The minimum Gasteiger partial charge on any atom is -0.491 e. The summed E-state index contributed by atoms with van der Waals surface area (Å²) in [6, 6.07) is 7.04. The number of ether oxygens (including phenoxy) is 2. The fourth-order valence-electron chi connectivity index (χ4n) is 1.78. The number of hydrogen-bond acceptors (Lipinski definition) is 4. The van der Waals surface area contributed by atoms with Gasteiger partial charge in [0.25, 0.3) is 0 Å². The summed E-state index contributed by atoms with van der Waals surface area (Å²) in [6.07, 6.45) is 2.18. The lowest BCUT2D eigenvalue weighted by atomic mass is 10.1. The molecule has 21 heavy (non-hydrogen) atoms. The van der Waals surface area contributed by atoms with Gasteiger partial charge in [-0.3, -0.25) is 9.59 Å². The van der Waals surface area contributed by atoms with E-state index in [1.807, 2.05) is 26.8 Å². The molecule has 0 radical (unpaired) electrons. The Balaban J connectivity index is 2.46. The SMILES string of the molecule is CCCCOC(=O)CCC(=O)c1cccc(OC(C)C)c1. The average Bonchev–Trinajstić information content (AvgIpc) is 2.44. The summed E-state index contributed by atoms with van der Waals surface area (Å²) in [5.41, 5.74) is 0.564. The third-order valence-corrected chi connectivity index (χ3v) is 2.84. The molecule has 0 heterocycles. The van der Waals surface area contributed by atoms with Crippen molar-refractivity contribution in [1.82, 2.24) is 0 Å². The Morgan fingerprint density at radius 2 is 1.95 bits per heavy atom. The molecule has 0 amide bonds. The van der Waals surface area contributed by atoms with E-state index >= 15 is 0 Å². The lowest BCUT2D eigenvalue weighted by Crippen LogP contribution is -2.10. The first-order chi connectivity index (χ1) is 10.0. The fourth-order valence-corrected chi connectivity index (χ4v) is 1.78. The van der Waals surface area contributed by atoms with Gasteiger partial charge in [-0.15, -0.1) is 0 Å². The number of ketones is 1. The van der Waals surface area contributed by atoms with Crippen LogP contribution in [0.25, 0.3) is 0 Å². The predicted molar refractivity (Wildman–Crippen MR) is 81.6 cm³/mol. The molecule has 0 saturated heterocycles. The van der Waals surface area contributed by atoms with Crippen molar-refractivity contribution in [2.75, 3.05) is 6.61 Å². The molecule has 0 N–H and O–H groups in total. The highest BCUT2D eigenvalue weighted by Gasteiger charge is 2.11. The number of carbonyl (C=O) groups excluding carboxylic acids is 2. The van der Waals surface area contributed by atoms with Crippen LogP contribution in [0.1, 0.15) is 56.8 Å². The summed E-state index contributed by atoms with van der Waals surface area (Å²) >= 11 is 0. The van der Waals surface area contributed by atoms with Gasteiger partial charge in [0.1, 0.15) is 5.75 Å². The molecule has 0 fully saturated rings. The number of hydrogen-bond donors (Lipinski definition) is 0. The molecule has 0 saturated carbocycles. The maximum Gasteiger partial charge on any atom is 0.306 e. The highest BCUT2D eigenvalue weighted by atomic mass is 16.5. The van der Waals surface area contributed by atoms with E-state index in [1.165, 1.54) is 0 Å². The molecule has 0 bridgehead atoms. The summed E-state index contributed by atoms with van der Waals surface area (Å²) < 4.78 is 10.6. The highest BCUT2D eigenvalue weighted by Crippen LogP contribution is 2.16. The van der Waals surface area contributed by atoms with Gasteiger partial charge in [0.05, 0.1) is 19.1 Å². The van der Waals surface area contributed by atoms with Crippen molar-refractivity contribution in [3.8, 4) is 5.75 Å². The van der Waals surface area contributed by atoms with Gasteiger partial charge >= 0.3 is 5.97 Å². The zero-order chi connectivity index (χ0) is 15.7. The fraction of sp³-hybridized carbons (Fsp3) is 0.529. The van der Waals surface area contributed by atoms with Gasteiger partial charge in [-0.1, -0.05) is 25.5 Å². The Bertz CT molecular complexity index is 466. The largest absolute Gasteiger partial charge is 0.491 e. The van der Waals surface area contributed by atoms with Crippen LogP contribution < -0.4 is 4.74 Å². The minimum absolute atomic E-state index is 0.0592. The van der Waals surface area contributed by atoms with Gasteiger partial charge in [0.2, 0.25) is 0 Å². The van der Waals surface area contributed by atoms with Crippen molar-refractivity contribution >= 4 is 11.8 Å². The quantitative estimate of drug-likeness (QED) is 0.395. The Morgan fingerprint density at radius 1 is 1.19 bits per heavy atom. The molecule has 4 heteroatoms. The number of Topliss-reactive ketones (excluding diaryl/α,β-unsaturated/α-hetero) is 1. The zero-order valence-electron chi connectivity index (χ0n) is 13.1. The van der Waals surface area contributed by atoms with E-state index in [1.54, 1.807) is 18.2 Å². The van der Waals surface area contributed by atoms with E-state index in [9.17, 15) is 9.59 Å². The maximum atomic E-state index is 12.1. The normalized spacial score (nSPS) is 10.5. The molecule has 0 atom stereocenters. The topological polar surface area (TPSA) is 52.6 Å². The first-order valence-corrected chi connectivity index (χ1v) is 7.48. The van der Waals surface area contributed by atoms with Gasteiger partial charge in [0, 0.05) is 12.0 Å². The molecule has 1 aromatic carbocycles. The van der Waals surface area contributed by atoms with Crippen LogP contribution in [-0.2, 0) is 9.53 Å². The van der Waals surface area contributed by atoms with Gasteiger partial charge < -0.3 is 9.47 Å². The van der Waals surface area contributed by atoms with Gasteiger partial charge in [-0.2, -0.15) is 0 Å². The van der Waals surface area contributed by atoms with E-state index < -0.39 is 0 Å². The summed E-state index contributed by atoms with van der Waals surface area (Å²) in [6.45, 7) is 6.33. The second-order valence-electron chi connectivity index (χ2n) is 5.19. The van der Waals surface area contributed by atoms with Gasteiger partial charge in [-0.25, -0.2) is 0 Å². The Labute approximate surface area is 126 Å². The Kier molecular flexibility index (Phi) is 7.51. The summed E-state index contributed by atoms with van der Waals surface area (Å²) in [7, 11) is 0. The third-order valence-electron chi connectivity index (χ3n) is 2.84. The Morgan fingerprint density at radius 3 is 2.62 bits per heavy atom. The zero-order valence-corrected chi connectivity index (χ0v) is 13.1. The van der Waals surface area contributed by atoms with Crippen molar-refractivity contribution in [2.45, 2.75) is 52.6 Å². The monoisotopic (exact) mass is 292 g/mol. The van der Waals surface area contributed by atoms with Crippen molar-refractivity contribution < 1.29 is 19.1 Å². The van der Waals surface area contributed by atoms with Crippen LogP contribution in [0.5, 0.6) is 5.75 Å². The van der Waals surface area contributed by atoms with E-state index in [0.717, 1.165) is 12.8 Å². The molecule has 0 aromatic heterocycles. The lowest BCUT2D eigenvalue weighted by molar-refractivity contribution is -0.143. The van der Waals surface area contributed by atoms with Gasteiger partial charge in [-0.05, 0) is 32.4 Å². The van der Waals surface area contributed by atoms with Crippen LogP contribution in [0.4, 0.5) is 0 Å². The molecule has 0 aliphatic rings. The van der Waals surface area contributed by atoms with Crippen molar-refractivity contribution in [2.24, 2.45) is 0 Å². The molecule has 0 unspecified atom stereocenters. The smallest absolute Gasteiger partial charge is 0.306 e. The van der Waals surface area contributed by atoms with E-state index in [4.69, 9.17) is 9.47 Å². The summed E-state index contributed by atoms with van der Waals surface area (Å²) in [4.78, 5) is 23.5. The minimum atomic E-state index is -0.314. The number of unbranched alkanes of at least 4 members (excludes halogenated alkanes) is 1. The van der Waals surface area contributed by atoms with Gasteiger partial charge in [0.15, 0.2) is 5.78 Å². The van der Waals surface area contributed by atoms with E-state index in [2.05, 4.69) is 0 Å². The van der Waals surface area contributed by atoms with Crippen LogP contribution in [-0.4, -0.2) is 24.5 Å². The summed E-state index contributed by atoms with van der Waals surface area (Å²) in [5, 5.41) is 0. The second-order valence-corrected chi connectivity index (χ2v) is 5.19. The van der Waals surface area contributed by atoms with Crippen LogP contribution in [0.3, 0.4) is 0 Å². The van der Waals surface area contributed by atoms with E-state index in [0.29, 0.717) is 17.9 Å². The second kappa shape index (κ2) is 9.16. The van der Waals surface area contributed by atoms with E-state index in [-0.39, 0.29) is 30.7 Å². The molecule has 116 valence electrons. The molecule has 1 aromatic rings. The molecule has 0 aliphatic heterocycles. The van der Waals surface area contributed by atoms with Crippen LogP contribution in [0, 0.1) is 0 Å². The maximum absolute atomic E-state index is 12.1. The van der Waals surface area contributed by atoms with Crippen molar-refractivity contribution in [3.63, 3.8) is 0 Å². The molecule has 0 aliphatic carbocycles. The summed E-state index contributed by atoms with van der Waals surface area (Å²) in [5.74, 6) is 0.282. The lowest BCUT2D eigenvalue weighted by Gasteiger charge is -2.10. The first kappa shape index (κ1) is 17.2. The number of carbonyl (C=O) groups is 2. The highest BCUT2D eigenvalue weighted by molar-refractivity contribution is 5.97.